The van der Waals surface area contributed by atoms with Gasteiger partial charge in [-0.3, -0.25) is 9.59 Å². The first kappa shape index (κ1) is 27.3. The molecule has 0 bridgehead atoms. The largest absolute Gasteiger partial charge is 0.507 e. The highest BCUT2D eigenvalue weighted by atomic mass is 16.5. The highest BCUT2D eigenvalue weighted by Crippen LogP contribution is 2.40. The third kappa shape index (κ3) is 5.41. The third-order valence-corrected chi connectivity index (χ3v) is 6.62. The van der Waals surface area contributed by atoms with Crippen LogP contribution in [0, 0.1) is 0 Å². The van der Waals surface area contributed by atoms with Crippen molar-refractivity contribution in [3.05, 3.63) is 64.7 Å². The first-order valence-corrected chi connectivity index (χ1v) is 12.7. The average Bonchev–Trinajstić information content (AvgIpc) is 3.13. The number of amides is 1. The third-order valence-electron chi connectivity index (χ3n) is 6.62. The fourth-order valence-electron chi connectivity index (χ4n) is 4.69. The second-order valence-corrected chi connectivity index (χ2v) is 9.09. The standard InChI is InChI=1S/C29H38N2O5/c1-7-30(8-2)22-13-10-20(11-14-22)26-25(28(33)29(34)31(26)16-17-35-6)27(32)21-12-15-24(36-9-3)23(18-21)19(4)5/h10-15,18-19,26,32H,7-9,16-17H2,1-6H3/b27-25-. The summed E-state index contributed by atoms with van der Waals surface area (Å²) in [7, 11) is 1.55. The maximum absolute atomic E-state index is 13.3. The first-order chi connectivity index (χ1) is 17.3. The number of anilines is 1. The number of rotatable bonds is 11. The lowest BCUT2D eigenvalue weighted by Crippen LogP contribution is -2.32. The molecule has 0 saturated carbocycles. The Bertz CT molecular complexity index is 1100. The molecule has 2 aromatic rings. The maximum atomic E-state index is 13.3. The van der Waals surface area contributed by atoms with Crippen LogP contribution in [0.25, 0.3) is 5.76 Å². The van der Waals surface area contributed by atoms with E-state index < -0.39 is 17.7 Å². The molecule has 7 nitrogen and oxygen atoms in total. The second kappa shape index (κ2) is 12.1. The number of hydrogen-bond acceptors (Lipinski definition) is 6. The van der Waals surface area contributed by atoms with Gasteiger partial charge in [-0.15, -0.1) is 0 Å². The van der Waals surface area contributed by atoms with E-state index in [-0.39, 0.29) is 30.4 Å². The number of aliphatic hydroxyl groups excluding tert-OH is 1. The summed E-state index contributed by atoms with van der Waals surface area (Å²) < 4.78 is 11.0. The van der Waals surface area contributed by atoms with E-state index in [2.05, 4.69) is 18.7 Å². The van der Waals surface area contributed by atoms with E-state index in [1.165, 1.54) is 4.90 Å². The lowest BCUT2D eigenvalue weighted by atomic mass is 9.93. The van der Waals surface area contributed by atoms with Gasteiger partial charge in [-0.25, -0.2) is 0 Å². The SMILES string of the molecule is CCOc1ccc(/C(O)=C2/C(=O)C(=O)N(CCOC)C2c2ccc(N(CC)CC)cc2)cc1C(C)C. The number of aliphatic hydroxyl groups is 1. The normalized spacial score (nSPS) is 17.2. The van der Waals surface area contributed by atoms with E-state index in [0.29, 0.717) is 12.2 Å². The van der Waals surface area contributed by atoms with Crippen LogP contribution in [0.1, 0.15) is 63.3 Å². The Morgan fingerprint density at radius 3 is 2.28 bits per heavy atom. The van der Waals surface area contributed by atoms with Crippen LogP contribution in [0.15, 0.2) is 48.0 Å². The van der Waals surface area contributed by atoms with Crippen molar-refractivity contribution in [1.82, 2.24) is 4.90 Å². The van der Waals surface area contributed by atoms with Gasteiger partial charge < -0.3 is 24.4 Å². The van der Waals surface area contributed by atoms with Crippen molar-refractivity contribution < 1.29 is 24.2 Å². The molecule has 194 valence electrons. The molecule has 36 heavy (non-hydrogen) atoms. The highest BCUT2D eigenvalue weighted by Gasteiger charge is 2.46. The summed E-state index contributed by atoms with van der Waals surface area (Å²) in [4.78, 5) is 30.0. The summed E-state index contributed by atoms with van der Waals surface area (Å²) in [5.74, 6) is -0.626. The van der Waals surface area contributed by atoms with Crippen LogP contribution in [-0.2, 0) is 14.3 Å². The predicted octanol–water partition coefficient (Wildman–Crippen LogP) is 5.12. The molecule has 1 heterocycles. The topological polar surface area (TPSA) is 79.3 Å². The monoisotopic (exact) mass is 494 g/mol. The molecule has 0 radical (unpaired) electrons. The zero-order chi connectivity index (χ0) is 26.4. The maximum Gasteiger partial charge on any atom is 0.295 e. The van der Waals surface area contributed by atoms with Crippen LogP contribution in [0.3, 0.4) is 0 Å². The fraction of sp³-hybridized carbons (Fsp3) is 0.448. The van der Waals surface area contributed by atoms with Gasteiger partial charge in [0.05, 0.1) is 24.8 Å². The molecule has 3 rings (SSSR count). The van der Waals surface area contributed by atoms with Gasteiger partial charge >= 0.3 is 0 Å². The van der Waals surface area contributed by atoms with Crippen molar-refractivity contribution in [3.63, 3.8) is 0 Å². The Morgan fingerprint density at radius 1 is 1.06 bits per heavy atom. The highest BCUT2D eigenvalue weighted by molar-refractivity contribution is 6.46. The summed E-state index contributed by atoms with van der Waals surface area (Å²) >= 11 is 0. The Morgan fingerprint density at radius 2 is 1.72 bits per heavy atom. The summed E-state index contributed by atoms with van der Waals surface area (Å²) in [5, 5.41) is 11.4. The average molecular weight is 495 g/mol. The number of methoxy groups -OCH3 is 1. The zero-order valence-corrected chi connectivity index (χ0v) is 22.2. The van der Waals surface area contributed by atoms with Gasteiger partial charge in [0.25, 0.3) is 11.7 Å². The van der Waals surface area contributed by atoms with Crippen molar-refractivity contribution in [2.24, 2.45) is 0 Å². The lowest BCUT2D eigenvalue weighted by Gasteiger charge is -2.26. The number of carbonyl (C=O) groups excluding carboxylic acids is 2. The van der Waals surface area contributed by atoms with Gasteiger partial charge in [-0.1, -0.05) is 26.0 Å². The van der Waals surface area contributed by atoms with Crippen LogP contribution in [0.5, 0.6) is 5.75 Å². The van der Waals surface area contributed by atoms with Crippen molar-refractivity contribution in [2.45, 2.75) is 46.6 Å². The summed E-state index contributed by atoms with van der Waals surface area (Å²) in [6.07, 6.45) is 0. The number of Topliss-reactive ketones (excluding diaryl/α,β-unsaturated/α-hetero) is 1. The van der Waals surface area contributed by atoms with Crippen LogP contribution < -0.4 is 9.64 Å². The molecule has 0 aliphatic carbocycles. The molecule has 1 amide bonds. The van der Waals surface area contributed by atoms with Crippen molar-refractivity contribution in [1.29, 1.82) is 0 Å². The molecule has 1 N–H and O–H groups in total. The van der Waals surface area contributed by atoms with Crippen LogP contribution in [-0.4, -0.2) is 61.7 Å². The van der Waals surface area contributed by atoms with Gasteiger partial charge in [-0.2, -0.15) is 0 Å². The van der Waals surface area contributed by atoms with E-state index in [4.69, 9.17) is 9.47 Å². The molecule has 7 heteroatoms. The quantitative estimate of drug-likeness (QED) is 0.265. The second-order valence-electron chi connectivity index (χ2n) is 9.09. The lowest BCUT2D eigenvalue weighted by molar-refractivity contribution is -0.140. The van der Waals surface area contributed by atoms with E-state index in [1.54, 1.807) is 13.2 Å². The van der Waals surface area contributed by atoms with E-state index in [1.807, 2.05) is 57.2 Å². The van der Waals surface area contributed by atoms with Gasteiger partial charge in [0, 0.05) is 38.0 Å². The number of nitrogens with zero attached hydrogens (tertiary/aromatic N) is 2. The molecule has 0 spiro atoms. The van der Waals surface area contributed by atoms with Crippen molar-refractivity contribution in [3.8, 4) is 5.75 Å². The molecular formula is C29H38N2O5. The smallest absolute Gasteiger partial charge is 0.295 e. The Hall–Kier alpha value is -3.32. The molecule has 2 aromatic carbocycles. The molecule has 1 fully saturated rings. The van der Waals surface area contributed by atoms with Gasteiger partial charge in [0.15, 0.2) is 0 Å². The molecule has 0 aromatic heterocycles. The van der Waals surface area contributed by atoms with Gasteiger partial charge in [0.2, 0.25) is 0 Å². The fourth-order valence-corrected chi connectivity index (χ4v) is 4.69. The summed E-state index contributed by atoms with van der Waals surface area (Å²) in [6, 6.07) is 12.5. The Labute approximate surface area is 214 Å². The zero-order valence-electron chi connectivity index (χ0n) is 22.2. The van der Waals surface area contributed by atoms with Crippen LogP contribution in [0.2, 0.25) is 0 Å². The molecule has 1 saturated heterocycles. The van der Waals surface area contributed by atoms with Crippen LogP contribution in [0.4, 0.5) is 5.69 Å². The number of ketones is 1. The molecule has 1 aliphatic heterocycles. The van der Waals surface area contributed by atoms with E-state index in [0.717, 1.165) is 35.7 Å². The molecule has 1 atom stereocenters. The van der Waals surface area contributed by atoms with Gasteiger partial charge in [-0.05, 0) is 68.1 Å². The number of hydrogen-bond donors (Lipinski definition) is 1. The summed E-state index contributed by atoms with van der Waals surface area (Å²) in [5.41, 5.74) is 3.32. The Kier molecular flexibility index (Phi) is 9.15. The minimum atomic E-state index is -0.708. The van der Waals surface area contributed by atoms with E-state index in [9.17, 15) is 14.7 Å². The number of benzene rings is 2. The molecular weight excluding hydrogens is 456 g/mol. The minimum absolute atomic E-state index is 0.0885. The van der Waals surface area contributed by atoms with Crippen LogP contribution >= 0.6 is 0 Å². The Balaban J connectivity index is 2.14. The first-order valence-electron chi connectivity index (χ1n) is 12.7. The molecule has 1 unspecified atom stereocenters. The predicted molar refractivity (Wildman–Crippen MR) is 143 cm³/mol. The van der Waals surface area contributed by atoms with Gasteiger partial charge in [0.1, 0.15) is 11.5 Å². The summed E-state index contributed by atoms with van der Waals surface area (Å²) in [6.45, 7) is 13.0. The number of carbonyl (C=O) groups is 2. The van der Waals surface area contributed by atoms with E-state index >= 15 is 0 Å². The molecule has 1 aliphatic rings. The van der Waals surface area contributed by atoms with Crippen molar-refractivity contribution >= 4 is 23.1 Å². The van der Waals surface area contributed by atoms with Crippen molar-refractivity contribution in [2.75, 3.05) is 44.9 Å². The number of likely N-dealkylation sites (tertiary alicyclic amines) is 1. The number of ether oxygens (including phenoxy) is 2. The minimum Gasteiger partial charge on any atom is -0.507 e.